The quantitative estimate of drug-likeness (QED) is 0.880. The van der Waals surface area contributed by atoms with E-state index in [1.54, 1.807) is 6.20 Å². The predicted molar refractivity (Wildman–Crippen MR) is 103 cm³/mol. The second kappa shape index (κ2) is 7.68. The van der Waals surface area contributed by atoms with Gasteiger partial charge in [0.15, 0.2) is 0 Å². The molecule has 3 rings (SSSR count). The van der Waals surface area contributed by atoms with E-state index in [0.29, 0.717) is 11.5 Å². The summed E-state index contributed by atoms with van der Waals surface area (Å²) in [7, 11) is 0. The van der Waals surface area contributed by atoms with Gasteiger partial charge in [0.05, 0.1) is 17.4 Å². The predicted octanol–water partition coefficient (Wildman–Crippen LogP) is 4.69. The van der Waals surface area contributed by atoms with Gasteiger partial charge in [-0.1, -0.05) is 32.9 Å². The number of rotatable bonds is 4. The Kier molecular flexibility index (Phi) is 5.37. The lowest BCUT2D eigenvalue weighted by molar-refractivity contribution is 0.102. The van der Waals surface area contributed by atoms with Crippen molar-refractivity contribution < 1.29 is 4.79 Å². The normalized spacial score (nSPS) is 15.4. The van der Waals surface area contributed by atoms with Crippen LogP contribution in [0.1, 0.15) is 55.5 Å². The molecule has 1 fully saturated rings. The van der Waals surface area contributed by atoms with Gasteiger partial charge in [-0.3, -0.25) is 9.78 Å². The summed E-state index contributed by atoms with van der Waals surface area (Å²) in [6.07, 6.45) is 5.87. The molecule has 0 radical (unpaired) electrons. The topological polar surface area (TPSA) is 45.2 Å². The summed E-state index contributed by atoms with van der Waals surface area (Å²) in [6.45, 7) is 8.68. The molecule has 0 saturated carbocycles. The van der Waals surface area contributed by atoms with E-state index >= 15 is 0 Å². The molecule has 1 aliphatic heterocycles. The van der Waals surface area contributed by atoms with Gasteiger partial charge in [0, 0.05) is 25.0 Å². The molecule has 0 spiro atoms. The lowest BCUT2D eigenvalue weighted by Gasteiger charge is -2.32. The largest absolute Gasteiger partial charge is 0.370 e. The fourth-order valence-electron chi connectivity index (χ4n) is 3.15. The molecular formula is C21H27N3O. The smallest absolute Gasteiger partial charge is 0.257 e. The number of piperidine rings is 1. The van der Waals surface area contributed by atoms with Crippen LogP contribution in [0.5, 0.6) is 0 Å². The van der Waals surface area contributed by atoms with Crippen LogP contribution in [-0.2, 0) is 0 Å². The van der Waals surface area contributed by atoms with Crippen molar-refractivity contribution in [3.63, 3.8) is 0 Å². The van der Waals surface area contributed by atoms with Crippen molar-refractivity contribution in [3.8, 4) is 0 Å². The molecule has 25 heavy (non-hydrogen) atoms. The third-order valence-electron chi connectivity index (χ3n) is 4.97. The van der Waals surface area contributed by atoms with Crippen molar-refractivity contribution in [3.05, 3.63) is 53.9 Å². The molecule has 1 aliphatic rings. The van der Waals surface area contributed by atoms with Crippen LogP contribution in [0, 0.1) is 5.92 Å². The molecule has 0 unspecified atom stereocenters. The van der Waals surface area contributed by atoms with Crippen LogP contribution < -0.4 is 10.2 Å². The van der Waals surface area contributed by atoms with Crippen molar-refractivity contribution in [1.29, 1.82) is 0 Å². The maximum Gasteiger partial charge on any atom is 0.257 e. The standard InChI is InChI=1S/C21H27N3O/c1-15(2)17-4-6-19(7-5-17)23-21(25)18-12-20(14-22-13-18)24-10-8-16(3)9-11-24/h4-7,12-16H,8-11H2,1-3H3,(H,23,25). The second-order valence-corrected chi connectivity index (χ2v) is 7.33. The van der Waals surface area contributed by atoms with Gasteiger partial charge < -0.3 is 10.2 Å². The van der Waals surface area contributed by atoms with Crippen molar-refractivity contribution in [2.24, 2.45) is 5.92 Å². The highest BCUT2D eigenvalue weighted by Gasteiger charge is 2.17. The monoisotopic (exact) mass is 337 g/mol. The molecule has 1 saturated heterocycles. The zero-order valence-corrected chi connectivity index (χ0v) is 15.3. The average Bonchev–Trinajstić information content (AvgIpc) is 2.63. The number of anilines is 2. The van der Waals surface area contributed by atoms with E-state index in [-0.39, 0.29) is 5.91 Å². The Morgan fingerprint density at radius 1 is 1.16 bits per heavy atom. The van der Waals surface area contributed by atoms with Crippen LogP contribution in [0.2, 0.25) is 0 Å². The number of carbonyl (C=O) groups is 1. The Morgan fingerprint density at radius 3 is 2.48 bits per heavy atom. The van der Waals surface area contributed by atoms with Gasteiger partial charge in [-0.15, -0.1) is 0 Å². The fraction of sp³-hybridized carbons (Fsp3) is 0.429. The first-order valence-corrected chi connectivity index (χ1v) is 9.14. The minimum absolute atomic E-state index is 0.114. The molecule has 0 atom stereocenters. The van der Waals surface area contributed by atoms with Crippen molar-refractivity contribution in [1.82, 2.24) is 4.98 Å². The Hall–Kier alpha value is -2.36. The van der Waals surface area contributed by atoms with Crippen molar-refractivity contribution >= 4 is 17.3 Å². The molecule has 4 heteroatoms. The van der Waals surface area contributed by atoms with Gasteiger partial charge in [0.1, 0.15) is 0 Å². The van der Waals surface area contributed by atoms with Crippen LogP contribution in [0.3, 0.4) is 0 Å². The molecule has 1 aromatic carbocycles. The number of carbonyl (C=O) groups excluding carboxylic acids is 1. The molecule has 132 valence electrons. The minimum atomic E-state index is -0.114. The molecule has 1 N–H and O–H groups in total. The van der Waals surface area contributed by atoms with E-state index in [1.807, 2.05) is 24.4 Å². The molecule has 2 aromatic rings. The number of pyridine rings is 1. The fourth-order valence-corrected chi connectivity index (χ4v) is 3.15. The Labute approximate surface area is 150 Å². The van der Waals surface area contributed by atoms with Crippen LogP contribution in [0.15, 0.2) is 42.7 Å². The van der Waals surface area contributed by atoms with Gasteiger partial charge in [-0.05, 0) is 48.4 Å². The van der Waals surface area contributed by atoms with Crippen LogP contribution in [0.25, 0.3) is 0 Å². The molecule has 0 bridgehead atoms. The van der Waals surface area contributed by atoms with Crippen molar-refractivity contribution in [2.45, 2.75) is 39.5 Å². The summed E-state index contributed by atoms with van der Waals surface area (Å²) in [5, 5.41) is 2.96. The number of hydrogen-bond donors (Lipinski definition) is 1. The molecule has 1 aromatic heterocycles. The SMILES string of the molecule is CC1CCN(c2cncc(C(=O)Nc3ccc(C(C)C)cc3)c2)CC1. The van der Waals surface area contributed by atoms with Crippen LogP contribution in [-0.4, -0.2) is 24.0 Å². The Morgan fingerprint density at radius 2 is 1.84 bits per heavy atom. The maximum absolute atomic E-state index is 12.6. The maximum atomic E-state index is 12.6. The number of benzene rings is 1. The third-order valence-corrected chi connectivity index (χ3v) is 4.97. The first-order valence-electron chi connectivity index (χ1n) is 9.14. The van der Waals surface area contributed by atoms with E-state index in [0.717, 1.165) is 30.4 Å². The average molecular weight is 337 g/mol. The molecule has 1 amide bonds. The van der Waals surface area contributed by atoms with Gasteiger partial charge in [0.25, 0.3) is 5.91 Å². The lowest BCUT2D eigenvalue weighted by Crippen LogP contribution is -2.33. The van der Waals surface area contributed by atoms with Gasteiger partial charge in [-0.25, -0.2) is 0 Å². The first kappa shape index (κ1) is 17.5. The first-order chi connectivity index (χ1) is 12.0. The molecule has 0 aliphatic carbocycles. The number of nitrogens with one attached hydrogen (secondary N) is 1. The van der Waals surface area contributed by atoms with Gasteiger partial charge in [0.2, 0.25) is 0 Å². The number of amides is 1. The number of hydrogen-bond acceptors (Lipinski definition) is 3. The number of nitrogens with zero attached hydrogens (tertiary/aromatic N) is 2. The van der Waals surface area contributed by atoms with Crippen LogP contribution in [0.4, 0.5) is 11.4 Å². The minimum Gasteiger partial charge on any atom is -0.370 e. The molecule has 4 nitrogen and oxygen atoms in total. The highest BCUT2D eigenvalue weighted by molar-refractivity contribution is 6.04. The van der Waals surface area contributed by atoms with E-state index in [2.05, 4.69) is 48.1 Å². The highest BCUT2D eigenvalue weighted by atomic mass is 16.1. The summed E-state index contributed by atoms with van der Waals surface area (Å²) in [6, 6.07) is 9.97. The van der Waals surface area contributed by atoms with Crippen molar-refractivity contribution in [2.75, 3.05) is 23.3 Å². The lowest BCUT2D eigenvalue weighted by atomic mass is 9.99. The van der Waals surface area contributed by atoms with E-state index in [1.165, 1.54) is 18.4 Å². The zero-order valence-electron chi connectivity index (χ0n) is 15.3. The van der Waals surface area contributed by atoms with Gasteiger partial charge >= 0.3 is 0 Å². The van der Waals surface area contributed by atoms with Gasteiger partial charge in [-0.2, -0.15) is 0 Å². The highest BCUT2D eigenvalue weighted by Crippen LogP contribution is 2.23. The summed E-state index contributed by atoms with van der Waals surface area (Å²) in [5.41, 5.74) is 3.71. The van der Waals surface area contributed by atoms with E-state index < -0.39 is 0 Å². The number of aromatic nitrogens is 1. The summed E-state index contributed by atoms with van der Waals surface area (Å²) < 4.78 is 0. The summed E-state index contributed by atoms with van der Waals surface area (Å²) in [5.74, 6) is 1.15. The van der Waals surface area contributed by atoms with E-state index in [9.17, 15) is 4.79 Å². The molecule has 2 heterocycles. The third kappa shape index (κ3) is 4.38. The Balaban J connectivity index is 1.68. The summed E-state index contributed by atoms with van der Waals surface area (Å²) >= 11 is 0. The zero-order chi connectivity index (χ0) is 17.8. The summed E-state index contributed by atoms with van der Waals surface area (Å²) in [4.78, 5) is 19.1. The second-order valence-electron chi connectivity index (χ2n) is 7.33. The van der Waals surface area contributed by atoms with Crippen LogP contribution >= 0.6 is 0 Å². The molecular weight excluding hydrogens is 310 g/mol. The Bertz CT molecular complexity index is 716. The van der Waals surface area contributed by atoms with E-state index in [4.69, 9.17) is 0 Å².